The van der Waals surface area contributed by atoms with Crippen molar-refractivity contribution in [3.63, 3.8) is 0 Å². The molecule has 1 saturated heterocycles. The van der Waals surface area contributed by atoms with Gasteiger partial charge in [-0.05, 0) is 37.0 Å². The molecule has 5 nitrogen and oxygen atoms in total. The van der Waals surface area contributed by atoms with Gasteiger partial charge in [0.05, 0.1) is 11.0 Å². The lowest BCUT2D eigenvalue weighted by Crippen LogP contribution is -2.28. The summed E-state index contributed by atoms with van der Waals surface area (Å²) >= 11 is 0. The number of amides is 1. The zero-order valence-corrected chi connectivity index (χ0v) is 11.2. The van der Waals surface area contributed by atoms with E-state index in [4.69, 9.17) is 5.11 Å². The average molecular weight is 271 g/mol. The van der Waals surface area contributed by atoms with Gasteiger partial charge in [0.1, 0.15) is 0 Å². The number of aliphatic hydroxyl groups excluding tert-OH is 1. The van der Waals surface area contributed by atoms with Crippen LogP contribution in [0, 0.1) is 5.92 Å². The first kappa shape index (κ1) is 13.0. The molecule has 0 bridgehead atoms. The largest absolute Gasteiger partial charge is 0.396 e. The number of fused-ring (bicyclic) bond motifs is 1. The van der Waals surface area contributed by atoms with Gasteiger partial charge < -0.3 is 10.0 Å². The van der Waals surface area contributed by atoms with Crippen LogP contribution in [0.25, 0.3) is 11.0 Å². The molecule has 1 unspecified atom stereocenters. The molecule has 1 amide bonds. The van der Waals surface area contributed by atoms with E-state index in [1.54, 1.807) is 24.5 Å². The summed E-state index contributed by atoms with van der Waals surface area (Å²) in [4.78, 5) is 22.7. The van der Waals surface area contributed by atoms with Crippen molar-refractivity contribution in [2.24, 2.45) is 5.92 Å². The molecule has 1 aliphatic rings. The van der Waals surface area contributed by atoms with Gasteiger partial charge in [-0.3, -0.25) is 14.8 Å². The first-order chi connectivity index (χ1) is 9.78. The molecule has 20 heavy (non-hydrogen) atoms. The number of carbonyl (C=O) groups excluding carboxylic acids is 1. The van der Waals surface area contributed by atoms with Crippen molar-refractivity contribution in [3.05, 3.63) is 36.2 Å². The van der Waals surface area contributed by atoms with Gasteiger partial charge in [0.15, 0.2) is 0 Å². The highest BCUT2D eigenvalue weighted by molar-refractivity contribution is 5.97. The Balaban J connectivity index is 1.79. The van der Waals surface area contributed by atoms with Gasteiger partial charge in [-0.1, -0.05) is 0 Å². The van der Waals surface area contributed by atoms with Crippen LogP contribution in [-0.4, -0.2) is 45.6 Å². The van der Waals surface area contributed by atoms with Crippen LogP contribution >= 0.6 is 0 Å². The monoisotopic (exact) mass is 271 g/mol. The molecule has 2 heterocycles. The average Bonchev–Trinajstić information content (AvgIpc) is 2.95. The summed E-state index contributed by atoms with van der Waals surface area (Å²) in [5.74, 6) is 0.460. The molecule has 1 fully saturated rings. The molecule has 0 saturated carbocycles. The van der Waals surface area contributed by atoms with Crippen LogP contribution in [0.15, 0.2) is 30.6 Å². The highest BCUT2D eigenvalue weighted by Crippen LogP contribution is 2.22. The topological polar surface area (TPSA) is 66.3 Å². The van der Waals surface area contributed by atoms with Crippen molar-refractivity contribution >= 4 is 16.9 Å². The fourth-order valence-corrected chi connectivity index (χ4v) is 2.71. The Kier molecular flexibility index (Phi) is 3.60. The number of aliphatic hydroxyl groups is 1. The fourth-order valence-electron chi connectivity index (χ4n) is 2.71. The minimum atomic E-state index is 0.0398. The Labute approximate surface area is 117 Å². The molecule has 1 atom stereocenters. The highest BCUT2D eigenvalue weighted by Gasteiger charge is 2.26. The van der Waals surface area contributed by atoms with Crippen LogP contribution in [0.3, 0.4) is 0 Å². The van der Waals surface area contributed by atoms with Gasteiger partial charge in [-0.25, -0.2) is 0 Å². The van der Waals surface area contributed by atoms with E-state index in [1.807, 2.05) is 11.0 Å². The quantitative estimate of drug-likeness (QED) is 0.918. The Hall–Kier alpha value is -2.01. The maximum atomic E-state index is 12.5. The Morgan fingerprint density at radius 3 is 2.90 bits per heavy atom. The maximum Gasteiger partial charge on any atom is 0.253 e. The van der Waals surface area contributed by atoms with Gasteiger partial charge in [0.2, 0.25) is 0 Å². The van der Waals surface area contributed by atoms with Crippen LogP contribution < -0.4 is 0 Å². The van der Waals surface area contributed by atoms with E-state index >= 15 is 0 Å². The molecule has 0 spiro atoms. The zero-order valence-electron chi connectivity index (χ0n) is 11.2. The lowest BCUT2D eigenvalue weighted by atomic mass is 10.1. The number of carbonyl (C=O) groups is 1. The summed E-state index contributed by atoms with van der Waals surface area (Å²) in [7, 11) is 0. The van der Waals surface area contributed by atoms with E-state index < -0.39 is 0 Å². The second-order valence-corrected chi connectivity index (χ2v) is 5.18. The summed E-state index contributed by atoms with van der Waals surface area (Å²) in [6.07, 6.45) is 5.01. The number of nitrogens with zero attached hydrogens (tertiary/aromatic N) is 3. The number of likely N-dealkylation sites (tertiary alicyclic amines) is 1. The minimum Gasteiger partial charge on any atom is -0.396 e. The standard InChI is InChI=1S/C15H17N3O2/c19-8-4-11-3-7-18(10-11)15(20)12-1-2-13-14(9-12)17-6-5-16-13/h1-2,5-6,9,11,19H,3-4,7-8,10H2. The fraction of sp³-hybridized carbons (Fsp3) is 0.400. The first-order valence-electron chi connectivity index (χ1n) is 6.89. The van der Waals surface area contributed by atoms with E-state index in [0.29, 0.717) is 11.5 Å². The molecule has 0 aliphatic carbocycles. The van der Waals surface area contributed by atoms with Crippen LogP contribution in [0.4, 0.5) is 0 Å². The number of hydrogen-bond acceptors (Lipinski definition) is 4. The van der Waals surface area contributed by atoms with Gasteiger partial charge in [-0.15, -0.1) is 0 Å². The van der Waals surface area contributed by atoms with Crippen molar-refractivity contribution in [1.29, 1.82) is 0 Å². The van der Waals surface area contributed by atoms with E-state index in [2.05, 4.69) is 9.97 Å². The molecule has 1 aromatic heterocycles. The molecular weight excluding hydrogens is 254 g/mol. The van der Waals surface area contributed by atoms with Crippen molar-refractivity contribution in [2.45, 2.75) is 12.8 Å². The molecule has 1 N–H and O–H groups in total. The van der Waals surface area contributed by atoms with Crippen molar-refractivity contribution in [3.8, 4) is 0 Å². The third-order valence-electron chi connectivity index (χ3n) is 3.83. The Bertz CT molecular complexity index is 629. The van der Waals surface area contributed by atoms with Crippen LogP contribution in [0.5, 0.6) is 0 Å². The lowest BCUT2D eigenvalue weighted by Gasteiger charge is -2.16. The van der Waals surface area contributed by atoms with Crippen LogP contribution in [0.2, 0.25) is 0 Å². The van der Waals surface area contributed by atoms with Crippen LogP contribution in [0.1, 0.15) is 23.2 Å². The third kappa shape index (κ3) is 2.49. The van der Waals surface area contributed by atoms with E-state index in [-0.39, 0.29) is 12.5 Å². The molecule has 0 radical (unpaired) electrons. The number of hydrogen-bond donors (Lipinski definition) is 1. The highest BCUT2D eigenvalue weighted by atomic mass is 16.3. The van der Waals surface area contributed by atoms with Gasteiger partial charge in [0, 0.05) is 37.7 Å². The summed E-state index contributed by atoms with van der Waals surface area (Å²) < 4.78 is 0. The smallest absolute Gasteiger partial charge is 0.253 e. The normalized spacial score (nSPS) is 18.6. The molecule has 2 aromatic rings. The van der Waals surface area contributed by atoms with Gasteiger partial charge in [-0.2, -0.15) is 0 Å². The molecule has 1 aromatic carbocycles. The molecule has 5 heteroatoms. The molecular formula is C15H17N3O2. The van der Waals surface area contributed by atoms with Crippen molar-refractivity contribution in [1.82, 2.24) is 14.9 Å². The number of benzene rings is 1. The lowest BCUT2D eigenvalue weighted by molar-refractivity contribution is 0.0785. The maximum absolute atomic E-state index is 12.5. The van der Waals surface area contributed by atoms with Crippen molar-refractivity contribution in [2.75, 3.05) is 19.7 Å². The predicted molar refractivity (Wildman–Crippen MR) is 75.3 cm³/mol. The second-order valence-electron chi connectivity index (χ2n) is 5.18. The van der Waals surface area contributed by atoms with Gasteiger partial charge in [0.25, 0.3) is 5.91 Å². The first-order valence-corrected chi connectivity index (χ1v) is 6.89. The molecule has 3 rings (SSSR count). The summed E-state index contributed by atoms with van der Waals surface area (Å²) in [6, 6.07) is 5.43. The van der Waals surface area contributed by atoms with Crippen LogP contribution in [-0.2, 0) is 0 Å². The van der Waals surface area contributed by atoms with E-state index in [0.717, 1.165) is 37.0 Å². The van der Waals surface area contributed by atoms with E-state index in [9.17, 15) is 4.79 Å². The summed E-state index contributed by atoms with van der Waals surface area (Å²) in [5, 5.41) is 8.97. The Morgan fingerprint density at radius 2 is 2.10 bits per heavy atom. The number of rotatable bonds is 3. The summed E-state index contributed by atoms with van der Waals surface area (Å²) in [6.45, 7) is 1.69. The molecule has 104 valence electrons. The Morgan fingerprint density at radius 1 is 1.30 bits per heavy atom. The summed E-state index contributed by atoms with van der Waals surface area (Å²) in [5.41, 5.74) is 2.19. The predicted octanol–water partition coefficient (Wildman–Crippen LogP) is 1.47. The van der Waals surface area contributed by atoms with Gasteiger partial charge >= 0.3 is 0 Å². The van der Waals surface area contributed by atoms with Crippen molar-refractivity contribution < 1.29 is 9.90 Å². The van der Waals surface area contributed by atoms with E-state index in [1.165, 1.54) is 0 Å². The SMILES string of the molecule is O=C(c1ccc2nccnc2c1)N1CCC(CCO)C1. The number of aromatic nitrogens is 2. The minimum absolute atomic E-state index is 0.0398. The third-order valence-corrected chi connectivity index (χ3v) is 3.83. The zero-order chi connectivity index (χ0) is 13.9. The second kappa shape index (κ2) is 5.54. The molecule has 1 aliphatic heterocycles.